The van der Waals surface area contributed by atoms with Gasteiger partial charge in [0.15, 0.2) is 17.6 Å². The molecule has 3 aliphatic heterocycles. The molecule has 0 saturated carbocycles. The minimum atomic E-state index is -3.88. The molecular formula is C23H25N3O7S. The summed E-state index contributed by atoms with van der Waals surface area (Å²) in [4.78, 5) is 24.9. The number of carbonyl (C=O) groups excluding carboxylic acids is 2. The van der Waals surface area contributed by atoms with Gasteiger partial charge in [-0.25, -0.2) is 8.42 Å². The number of nitrogens with zero attached hydrogens (tertiary/aromatic N) is 1. The van der Waals surface area contributed by atoms with Crippen LogP contribution in [-0.4, -0.2) is 50.5 Å². The largest absolute Gasteiger partial charge is 0.479 e. The van der Waals surface area contributed by atoms with Crippen LogP contribution in [0.4, 0.5) is 11.4 Å². The third kappa shape index (κ3) is 4.05. The van der Waals surface area contributed by atoms with Gasteiger partial charge in [0.1, 0.15) is 5.75 Å². The molecule has 3 heterocycles. The van der Waals surface area contributed by atoms with E-state index in [9.17, 15) is 18.0 Å². The summed E-state index contributed by atoms with van der Waals surface area (Å²) in [7, 11) is -3.88. The van der Waals surface area contributed by atoms with E-state index in [1.165, 1.54) is 10.4 Å². The van der Waals surface area contributed by atoms with Crippen LogP contribution in [0.1, 0.15) is 25.3 Å². The first-order valence-corrected chi connectivity index (χ1v) is 12.5. The van der Waals surface area contributed by atoms with E-state index in [2.05, 4.69) is 10.6 Å². The van der Waals surface area contributed by atoms with Crippen molar-refractivity contribution in [1.82, 2.24) is 4.31 Å². The van der Waals surface area contributed by atoms with Crippen LogP contribution in [0.3, 0.4) is 0 Å². The van der Waals surface area contributed by atoms with E-state index in [1.807, 2.05) is 0 Å². The van der Waals surface area contributed by atoms with Gasteiger partial charge in [-0.1, -0.05) is 0 Å². The highest BCUT2D eigenvalue weighted by molar-refractivity contribution is 7.89. The van der Waals surface area contributed by atoms with Crippen molar-refractivity contribution in [3.8, 4) is 17.2 Å². The molecule has 0 radical (unpaired) electrons. The number of amides is 2. The van der Waals surface area contributed by atoms with Gasteiger partial charge < -0.3 is 24.8 Å². The van der Waals surface area contributed by atoms with Gasteiger partial charge in [0.25, 0.3) is 5.91 Å². The molecule has 11 heteroatoms. The van der Waals surface area contributed by atoms with Crippen molar-refractivity contribution >= 4 is 33.2 Å². The average Bonchev–Trinajstić information content (AvgIpc) is 3.28. The number of benzene rings is 2. The fourth-order valence-corrected chi connectivity index (χ4v) is 6.10. The lowest BCUT2D eigenvalue weighted by Gasteiger charge is -2.32. The van der Waals surface area contributed by atoms with E-state index >= 15 is 0 Å². The number of anilines is 2. The lowest BCUT2D eigenvalue weighted by Crippen LogP contribution is -2.44. The van der Waals surface area contributed by atoms with Crippen LogP contribution in [0.25, 0.3) is 0 Å². The summed E-state index contributed by atoms with van der Waals surface area (Å²) in [5.41, 5.74) is 1.50. The highest BCUT2D eigenvalue weighted by atomic mass is 32.2. The molecular weight excluding hydrogens is 462 g/mol. The number of aryl methyl sites for hydroxylation is 1. The molecule has 2 aromatic carbocycles. The van der Waals surface area contributed by atoms with Gasteiger partial charge in [0.2, 0.25) is 22.7 Å². The molecule has 2 N–H and O–H groups in total. The van der Waals surface area contributed by atoms with E-state index in [-0.39, 0.29) is 30.0 Å². The number of sulfonamides is 1. The molecule has 5 rings (SSSR count). The first-order valence-electron chi connectivity index (χ1n) is 11.1. The quantitative estimate of drug-likeness (QED) is 0.679. The van der Waals surface area contributed by atoms with Crippen molar-refractivity contribution in [1.29, 1.82) is 0 Å². The van der Waals surface area contributed by atoms with Crippen LogP contribution in [-0.2, 0) is 19.6 Å². The number of nitrogens with one attached hydrogen (secondary N) is 2. The van der Waals surface area contributed by atoms with Gasteiger partial charge in [-0.05, 0) is 50.5 Å². The predicted molar refractivity (Wildman–Crippen MR) is 123 cm³/mol. The van der Waals surface area contributed by atoms with Crippen molar-refractivity contribution in [2.45, 2.75) is 37.7 Å². The normalized spacial score (nSPS) is 21.9. The molecule has 3 aliphatic rings. The maximum atomic E-state index is 13.5. The maximum absolute atomic E-state index is 13.5. The van der Waals surface area contributed by atoms with Crippen LogP contribution < -0.4 is 24.8 Å². The second-order valence-electron chi connectivity index (χ2n) is 8.62. The number of hydrogen-bond acceptors (Lipinski definition) is 7. The van der Waals surface area contributed by atoms with Gasteiger partial charge in [0, 0.05) is 30.9 Å². The summed E-state index contributed by atoms with van der Waals surface area (Å²) in [6, 6.07) is 8.18. The minimum Gasteiger partial charge on any atom is -0.479 e. The SMILES string of the molecule is Cc1cc2c(cc1S(=O)(=O)N1CCC[C@H](C(=O)Nc3ccc4c(c3)OCO4)C1)O[C@@H](C)C(=O)N2. The number of fused-ring (bicyclic) bond motifs is 2. The Morgan fingerprint density at radius 2 is 1.94 bits per heavy atom. The second-order valence-corrected chi connectivity index (χ2v) is 10.5. The molecule has 180 valence electrons. The lowest BCUT2D eigenvalue weighted by molar-refractivity contribution is -0.123. The maximum Gasteiger partial charge on any atom is 0.265 e. The topological polar surface area (TPSA) is 123 Å². The van der Waals surface area contributed by atoms with Crippen molar-refractivity contribution < 1.29 is 32.2 Å². The first-order chi connectivity index (χ1) is 16.2. The molecule has 34 heavy (non-hydrogen) atoms. The fraction of sp³-hybridized carbons (Fsp3) is 0.391. The van der Waals surface area contributed by atoms with Crippen LogP contribution in [0.2, 0.25) is 0 Å². The molecule has 2 amide bonds. The molecule has 10 nitrogen and oxygen atoms in total. The van der Waals surface area contributed by atoms with E-state index in [1.54, 1.807) is 38.1 Å². The third-order valence-corrected chi connectivity index (χ3v) is 8.23. The van der Waals surface area contributed by atoms with Crippen LogP contribution >= 0.6 is 0 Å². The summed E-state index contributed by atoms with van der Waals surface area (Å²) < 4.78 is 44.6. The van der Waals surface area contributed by atoms with Crippen molar-refractivity contribution in [3.63, 3.8) is 0 Å². The smallest absolute Gasteiger partial charge is 0.265 e. The zero-order valence-electron chi connectivity index (χ0n) is 18.8. The second kappa shape index (κ2) is 8.48. The number of carbonyl (C=O) groups is 2. The van der Waals surface area contributed by atoms with Gasteiger partial charge in [0.05, 0.1) is 16.5 Å². The lowest BCUT2D eigenvalue weighted by atomic mass is 9.98. The number of ether oxygens (including phenoxy) is 3. The number of rotatable bonds is 4. The first kappa shape index (κ1) is 22.5. The standard InChI is InChI=1S/C23H25N3O7S/c1-13-8-17-19(33-14(2)22(27)25-17)10-21(13)34(29,30)26-7-3-4-15(11-26)23(28)24-16-5-6-18-20(9-16)32-12-31-18/h5-6,8-10,14-15H,3-4,7,11-12H2,1-2H3,(H,24,28)(H,25,27)/t14-,15-/m0/s1. The molecule has 2 atom stereocenters. The monoisotopic (exact) mass is 487 g/mol. The Bertz CT molecular complexity index is 1280. The molecule has 0 aliphatic carbocycles. The zero-order valence-corrected chi connectivity index (χ0v) is 19.6. The summed E-state index contributed by atoms with van der Waals surface area (Å²) in [6.45, 7) is 3.80. The molecule has 0 spiro atoms. The van der Waals surface area contributed by atoms with Crippen LogP contribution in [0.15, 0.2) is 35.2 Å². The Morgan fingerprint density at radius 3 is 2.76 bits per heavy atom. The molecule has 0 bridgehead atoms. The van der Waals surface area contributed by atoms with E-state index in [0.717, 1.165) is 0 Å². The Morgan fingerprint density at radius 1 is 1.15 bits per heavy atom. The molecule has 2 aromatic rings. The Labute approximate surface area is 197 Å². The molecule has 0 aromatic heterocycles. The number of hydrogen-bond donors (Lipinski definition) is 2. The summed E-state index contributed by atoms with van der Waals surface area (Å²) >= 11 is 0. The minimum absolute atomic E-state index is 0.0727. The number of piperidine rings is 1. The van der Waals surface area contributed by atoms with Crippen LogP contribution in [0.5, 0.6) is 17.2 Å². The van der Waals surface area contributed by atoms with Crippen molar-refractivity contribution in [2.75, 3.05) is 30.5 Å². The van der Waals surface area contributed by atoms with Crippen LogP contribution in [0, 0.1) is 12.8 Å². The molecule has 1 saturated heterocycles. The van der Waals surface area contributed by atoms with Gasteiger partial charge in [-0.2, -0.15) is 4.31 Å². The Hall–Kier alpha value is -3.31. The predicted octanol–water partition coefficient (Wildman–Crippen LogP) is 2.48. The van der Waals surface area contributed by atoms with Gasteiger partial charge in [-0.15, -0.1) is 0 Å². The van der Waals surface area contributed by atoms with Crippen molar-refractivity contribution in [2.24, 2.45) is 5.92 Å². The Kier molecular flexibility index (Phi) is 5.61. The summed E-state index contributed by atoms with van der Waals surface area (Å²) in [5, 5.41) is 5.59. The average molecular weight is 488 g/mol. The molecule has 0 unspecified atom stereocenters. The summed E-state index contributed by atoms with van der Waals surface area (Å²) in [6.07, 6.45) is 0.426. The van der Waals surface area contributed by atoms with E-state index < -0.39 is 22.0 Å². The van der Waals surface area contributed by atoms with Gasteiger partial charge in [-0.3, -0.25) is 9.59 Å². The summed E-state index contributed by atoms with van der Waals surface area (Å²) in [5.74, 6) is 0.455. The zero-order chi connectivity index (χ0) is 24.0. The molecule has 1 fully saturated rings. The fourth-order valence-electron chi connectivity index (χ4n) is 4.35. The van der Waals surface area contributed by atoms with Gasteiger partial charge >= 0.3 is 0 Å². The third-order valence-electron chi connectivity index (χ3n) is 6.22. The van der Waals surface area contributed by atoms with Crippen molar-refractivity contribution in [3.05, 3.63) is 35.9 Å². The highest BCUT2D eigenvalue weighted by Crippen LogP contribution is 2.37. The van der Waals surface area contributed by atoms with E-state index in [0.29, 0.717) is 53.6 Å². The van der Waals surface area contributed by atoms with E-state index in [4.69, 9.17) is 14.2 Å². The highest BCUT2D eigenvalue weighted by Gasteiger charge is 2.35. The Balaban J connectivity index is 1.33.